The SMILES string of the molecule is CCC(C1=NN2C(=N)/C(=C\c3ccc(OS(C)(=O)=O)c(OC)c3)C(=O)N=C2S1)c1ccccc1. The summed E-state index contributed by atoms with van der Waals surface area (Å²) in [6.45, 7) is 2.06. The molecule has 0 saturated heterocycles. The fraction of sp³-hybridized carbons (Fsp3) is 0.217. The molecule has 11 heteroatoms. The Morgan fingerprint density at radius 1 is 1.18 bits per heavy atom. The molecule has 0 aromatic heterocycles. The van der Waals surface area contributed by atoms with E-state index in [0.717, 1.165) is 23.3 Å². The minimum atomic E-state index is -3.74. The van der Waals surface area contributed by atoms with Gasteiger partial charge >= 0.3 is 10.1 Å². The van der Waals surface area contributed by atoms with Crippen LogP contribution in [0.5, 0.6) is 11.5 Å². The summed E-state index contributed by atoms with van der Waals surface area (Å²) in [4.78, 5) is 16.9. The van der Waals surface area contributed by atoms with Gasteiger partial charge in [0.15, 0.2) is 17.3 Å². The normalized spacial score (nSPS) is 17.9. The second-order valence-corrected chi connectivity index (χ2v) is 10.1. The minimum Gasteiger partial charge on any atom is -0.493 e. The van der Waals surface area contributed by atoms with E-state index in [1.165, 1.54) is 42.1 Å². The number of carbonyl (C=O) groups is 1. The third-order valence-electron chi connectivity index (χ3n) is 5.12. The van der Waals surface area contributed by atoms with Gasteiger partial charge in [0, 0.05) is 5.92 Å². The Kier molecular flexibility index (Phi) is 6.58. The zero-order valence-corrected chi connectivity index (χ0v) is 20.3. The van der Waals surface area contributed by atoms with Crippen LogP contribution >= 0.6 is 11.8 Å². The van der Waals surface area contributed by atoms with Gasteiger partial charge < -0.3 is 8.92 Å². The minimum absolute atomic E-state index is 0.0224. The van der Waals surface area contributed by atoms with Crippen molar-refractivity contribution in [1.82, 2.24) is 5.01 Å². The van der Waals surface area contributed by atoms with Crippen molar-refractivity contribution in [2.75, 3.05) is 13.4 Å². The molecule has 2 aliphatic heterocycles. The molecule has 2 aromatic rings. The number of amides is 1. The van der Waals surface area contributed by atoms with Gasteiger partial charge in [-0.3, -0.25) is 10.2 Å². The number of thioether (sulfide) groups is 1. The summed E-state index contributed by atoms with van der Waals surface area (Å²) < 4.78 is 33.0. The van der Waals surface area contributed by atoms with Crippen molar-refractivity contribution in [1.29, 1.82) is 5.41 Å². The number of nitrogens with zero attached hydrogens (tertiary/aromatic N) is 3. The van der Waals surface area contributed by atoms with E-state index in [9.17, 15) is 13.2 Å². The molecule has 0 spiro atoms. The maximum absolute atomic E-state index is 12.8. The molecule has 1 N–H and O–H groups in total. The van der Waals surface area contributed by atoms with E-state index in [4.69, 9.17) is 14.3 Å². The van der Waals surface area contributed by atoms with Gasteiger partial charge in [-0.2, -0.15) is 23.5 Å². The number of hydrazone groups is 1. The van der Waals surface area contributed by atoms with Crippen molar-refractivity contribution in [3.63, 3.8) is 0 Å². The number of carbonyl (C=O) groups excluding carboxylic acids is 1. The quantitative estimate of drug-likeness (QED) is 0.455. The second kappa shape index (κ2) is 9.43. The summed E-state index contributed by atoms with van der Waals surface area (Å²) in [6, 6.07) is 14.4. The lowest BCUT2D eigenvalue weighted by molar-refractivity contribution is -0.114. The number of nitrogens with one attached hydrogen (secondary N) is 1. The molecule has 0 saturated carbocycles. The average Bonchev–Trinajstić information content (AvgIpc) is 3.21. The highest BCUT2D eigenvalue weighted by atomic mass is 32.2. The maximum Gasteiger partial charge on any atom is 0.306 e. The molecule has 176 valence electrons. The van der Waals surface area contributed by atoms with Crippen molar-refractivity contribution in [3.05, 3.63) is 65.2 Å². The highest BCUT2D eigenvalue weighted by Crippen LogP contribution is 2.36. The fourth-order valence-corrected chi connectivity index (χ4v) is 5.12. The smallest absolute Gasteiger partial charge is 0.306 e. The molecule has 0 fully saturated rings. The van der Waals surface area contributed by atoms with Crippen LogP contribution in [0.4, 0.5) is 0 Å². The molecule has 1 unspecified atom stereocenters. The molecule has 1 amide bonds. The number of rotatable bonds is 7. The van der Waals surface area contributed by atoms with Crippen LogP contribution in [0, 0.1) is 5.41 Å². The third kappa shape index (κ3) is 4.90. The zero-order chi connectivity index (χ0) is 24.5. The number of aliphatic imine (C=N–C) groups is 1. The predicted molar refractivity (Wildman–Crippen MR) is 133 cm³/mol. The maximum atomic E-state index is 12.8. The van der Waals surface area contributed by atoms with Crippen LogP contribution in [0.1, 0.15) is 30.4 Å². The Morgan fingerprint density at radius 2 is 1.91 bits per heavy atom. The van der Waals surface area contributed by atoms with Crippen molar-refractivity contribution < 1.29 is 22.1 Å². The van der Waals surface area contributed by atoms with E-state index in [0.29, 0.717) is 10.7 Å². The standard InChI is InChI=1S/C23H22N4O5S2/c1-4-16(15-8-6-5-7-9-15)22-26-27-20(24)17(21(28)25-23(27)33-22)12-14-10-11-18(19(13-14)31-2)32-34(3,29)30/h5-13,16,24H,4H2,1-3H3/b17-12+,24-20?. The van der Waals surface area contributed by atoms with E-state index in [1.54, 1.807) is 6.07 Å². The first kappa shape index (κ1) is 23.7. The first-order valence-electron chi connectivity index (χ1n) is 10.3. The van der Waals surface area contributed by atoms with Gasteiger partial charge in [-0.25, -0.2) is 0 Å². The lowest BCUT2D eigenvalue weighted by Gasteiger charge is -2.20. The average molecular weight is 499 g/mol. The van der Waals surface area contributed by atoms with Crippen LogP contribution in [-0.2, 0) is 14.9 Å². The summed E-state index contributed by atoms with van der Waals surface area (Å²) in [7, 11) is -2.36. The van der Waals surface area contributed by atoms with Crippen LogP contribution in [0.15, 0.2) is 64.2 Å². The van der Waals surface area contributed by atoms with Crippen LogP contribution in [-0.4, -0.2) is 48.7 Å². The molecular weight excluding hydrogens is 476 g/mol. The van der Waals surface area contributed by atoms with E-state index >= 15 is 0 Å². The van der Waals surface area contributed by atoms with Crippen LogP contribution in [0.2, 0.25) is 0 Å². The Hall–Kier alpha value is -3.44. The second-order valence-electron chi connectivity index (χ2n) is 7.53. The molecule has 2 heterocycles. The predicted octanol–water partition coefficient (Wildman–Crippen LogP) is 3.85. The van der Waals surface area contributed by atoms with Crippen LogP contribution < -0.4 is 8.92 Å². The van der Waals surface area contributed by atoms with E-state index < -0.39 is 16.0 Å². The summed E-state index contributed by atoms with van der Waals surface area (Å²) in [5, 5.41) is 15.7. The molecule has 9 nitrogen and oxygen atoms in total. The Balaban J connectivity index is 1.64. The number of amidine groups is 2. The number of fused-ring (bicyclic) bond motifs is 1. The zero-order valence-electron chi connectivity index (χ0n) is 18.7. The number of hydrogen-bond acceptors (Lipinski definition) is 8. The number of hydrogen-bond donors (Lipinski definition) is 1. The van der Waals surface area contributed by atoms with Crippen LogP contribution in [0.25, 0.3) is 6.08 Å². The molecule has 0 radical (unpaired) electrons. The van der Waals surface area contributed by atoms with Crippen LogP contribution in [0.3, 0.4) is 0 Å². The third-order valence-corrected chi connectivity index (χ3v) is 6.62. The monoisotopic (exact) mass is 498 g/mol. The van der Waals surface area contributed by atoms with E-state index in [-0.39, 0.29) is 28.8 Å². The largest absolute Gasteiger partial charge is 0.493 e. The molecule has 34 heavy (non-hydrogen) atoms. The van der Waals surface area contributed by atoms with Gasteiger partial charge in [-0.15, -0.1) is 0 Å². The summed E-state index contributed by atoms with van der Waals surface area (Å²) in [5.74, 6) is -0.417. The fourth-order valence-electron chi connectivity index (χ4n) is 3.56. The van der Waals surface area contributed by atoms with Gasteiger partial charge in [0.1, 0.15) is 5.04 Å². The van der Waals surface area contributed by atoms with Gasteiger partial charge in [-0.1, -0.05) is 43.3 Å². The molecule has 2 aromatic carbocycles. The Morgan fingerprint density at radius 3 is 2.56 bits per heavy atom. The van der Waals surface area contributed by atoms with Gasteiger partial charge in [0.05, 0.1) is 18.9 Å². The molecule has 0 aliphatic carbocycles. The Labute approximate surface area is 201 Å². The Bertz CT molecular complexity index is 1350. The molecule has 1 atom stereocenters. The van der Waals surface area contributed by atoms with E-state index in [2.05, 4.69) is 17.0 Å². The first-order chi connectivity index (χ1) is 16.2. The van der Waals surface area contributed by atoms with Crippen molar-refractivity contribution >= 4 is 49.9 Å². The highest BCUT2D eigenvalue weighted by Gasteiger charge is 2.37. The number of ether oxygens (including phenoxy) is 1. The lowest BCUT2D eigenvalue weighted by Crippen LogP contribution is -2.35. The molecule has 2 aliphatic rings. The topological polar surface area (TPSA) is 121 Å². The van der Waals surface area contributed by atoms with Crippen molar-refractivity contribution in [2.24, 2.45) is 10.1 Å². The van der Waals surface area contributed by atoms with Gasteiger partial charge in [0.25, 0.3) is 5.91 Å². The summed E-state index contributed by atoms with van der Waals surface area (Å²) in [5.41, 5.74) is 1.67. The van der Waals surface area contributed by atoms with Crippen molar-refractivity contribution in [3.8, 4) is 11.5 Å². The summed E-state index contributed by atoms with van der Waals surface area (Å²) >= 11 is 1.29. The molecule has 0 bridgehead atoms. The van der Waals surface area contributed by atoms with Gasteiger partial charge in [0.2, 0.25) is 5.17 Å². The highest BCUT2D eigenvalue weighted by molar-refractivity contribution is 8.27. The van der Waals surface area contributed by atoms with Gasteiger partial charge in [-0.05, 0) is 47.5 Å². The first-order valence-corrected chi connectivity index (χ1v) is 13.0. The number of benzene rings is 2. The number of methoxy groups -OCH3 is 1. The van der Waals surface area contributed by atoms with Crippen molar-refractivity contribution in [2.45, 2.75) is 19.3 Å². The molecule has 4 rings (SSSR count). The molecular formula is C23H22N4O5S2. The van der Waals surface area contributed by atoms with E-state index in [1.807, 2.05) is 30.3 Å². The summed E-state index contributed by atoms with van der Waals surface area (Å²) in [6.07, 6.45) is 3.23. The lowest BCUT2D eigenvalue weighted by atomic mass is 9.98.